The number of benzene rings is 1. The lowest BCUT2D eigenvalue weighted by Crippen LogP contribution is -2.32. The van der Waals surface area contributed by atoms with Crippen molar-refractivity contribution < 1.29 is 13.9 Å². The van der Waals surface area contributed by atoms with Gasteiger partial charge < -0.3 is 10.0 Å². The Hall–Kier alpha value is -1.32. The number of rotatable bonds is 6. The van der Waals surface area contributed by atoms with Crippen LogP contribution < -0.4 is 4.90 Å². The van der Waals surface area contributed by atoms with Crippen LogP contribution in [0.2, 0.25) is 0 Å². The van der Waals surface area contributed by atoms with Gasteiger partial charge in [-0.25, -0.2) is 8.78 Å². The normalized spacial score (nSPS) is 10.4. The third-order valence-electron chi connectivity index (χ3n) is 2.40. The first-order valence-corrected chi connectivity index (χ1v) is 6.57. The van der Waals surface area contributed by atoms with Crippen LogP contribution >= 0.6 is 11.8 Å². The first kappa shape index (κ1) is 14.7. The van der Waals surface area contributed by atoms with Crippen LogP contribution in [0.4, 0.5) is 14.5 Å². The molecule has 1 rings (SSSR count). The van der Waals surface area contributed by atoms with Crippen molar-refractivity contribution in [3.63, 3.8) is 0 Å². The van der Waals surface area contributed by atoms with Crippen LogP contribution in [-0.4, -0.2) is 37.5 Å². The predicted molar refractivity (Wildman–Crippen MR) is 68.2 cm³/mol. The Bertz CT molecular complexity index is 435. The fraction of sp³-hybridized carbons (Fsp3) is 0.417. The molecule has 0 aliphatic rings. The number of thioether (sulfide) groups is 1. The van der Waals surface area contributed by atoms with Gasteiger partial charge >= 0.3 is 0 Å². The second kappa shape index (κ2) is 7.19. The van der Waals surface area contributed by atoms with Crippen LogP contribution in [0.5, 0.6) is 0 Å². The van der Waals surface area contributed by atoms with E-state index in [-0.39, 0.29) is 13.2 Å². The number of nitrogens with zero attached hydrogens (tertiary/aromatic N) is 2. The summed E-state index contributed by atoms with van der Waals surface area (Å²) >= 11 is 1.39. The first-order valence-electron chi connectivity index (χ1n) is 5.35. The van der Waals surface area contributed by atoms with Crippen LogP contribution in [0.1, 0.15) is 5.56 Å². The van der Waals surface area contributed by atoms with E-state index in [0.29, 0.717) is 11.3 Å². The Labute approximate surface area is 109 Å². The molecule has 0 aliphatic carbocycles. The van der Waals surface area contributed by atoms with Gasteiger partial charge in [0.05, 0.1) is 24.4 Å². The number of hydrogen-bond acceptors (Lipinski definition) is 4. The summed E-state index contributed by atoms with van der Waals surface area (Å²) in [5.41, 5.74) is 0.817. The zero-order valence-electron chi connectivity index (χ0n) is 9.94. The van der Waals surface area contributed by atoms with E-state index < -0.39 is 13.0 Å². The lowest BCUT2D eigenvalue weighted by molar-refractivity contribution is 0.153. The van der Waals surface area contributed by atoms with Crippen LogP contribution in [0.3, 0.4) is 0 Å². The van der Waals surface area contributed by atoms with E-state index in [0.717, 1.165) is 4.90 Å². The van der Waals surface area contributed by atoms with Gasteiger partial charge in [-0.05, 0) is 18.4 Å². The number of anilines is 1. The minimum Gasteiger partial charge on any atom is -0.395 e. The van der Waals surface area contributed by atoms with Crippen molar-refractivity contribution in [2.24, 2.45) is 0 Å². The SMILES string of the molecule is CSc1cccc(N(CCO)CC(F)F)c1C#N. The summed E-state index contributed by atoms with van der Waals surface area (Å²) < 4.78 is 25.0. The molecule has 1 aromatic carbocycles. The first-order chi connectivity index (χ1) is 8.63. The third-order valence-corrected chi connectivity index (χ3v) is 3.18. The molecule has 0 aromatic heterocycles. The second-order valence-corrected chi connectivity index (χ2v) is 4.37. The lowest BCUT2D eigenvalue weighted by Gasteiger charge is -2.25. The van der Waals surface area contributed by atoms with Gasteiger partial charge in [0, 0.05) is 11.4 Å². The zero-order chi connectivity index (χ0) is 13.5. The van der Waals surface area contributed by atoms with Gasteiger partial charge in [-0.3, -0.25) is 0 Å². The summed E-state index contributed by atoms with van der Waals surface area (Å²) in [5, 5.41) is 18.1. The molecular formula is C12H14F2N2OS. The molecule has 0 unspecified atom stereocenters. The summed E-state index contributed by atoms with van der Waals surface area (Å²) in [5.74, 6) is 0. The number of alkyl halides is 2. The van der Waals surface area contributed by atoms with E-state index in [1.807, 2.05) is 12.3 Å². The van der Waals surface area contributed by atoms with Gasteiger partial charge in [-0.15, -0.1) is 11.8 Å². The molecule has 18 heavy (non-hydrogen) atoms. The number of halogens is 2. The number of aliphatic hydroxyl groups is 1. The van der Waals surface area contributed by atoms with Crippen molar-refractivity contribution in [2.45, 2.75) is 11.3 Å². The number of hydrogen-bond donors (Lipinski definition) is 1. The van der Waals surface area contributed by atoms with E-state index >= 15 is 0 Å². The van der Waals surface area contributed by atoms with Gasteiger partial charge in [0.2, 0.25) is 0 Å². The Morgan fingerprint density at radius 3 is 2.72 bits per heavy atom. The van der Waals surface area contributed by atoms with Crippen LogP contribution in [0.15, 0.2) is 23.1 Å². The molecule has 0 saturated carbocycles. The standard InChI is InChI=1S/C12H14F2N2OS/c1-18-11-4-2-3-10(9(11)7-15)16(5-6-17)8-12(13)14/h2-4,12,17H,5-6,8H2,1H3. The molecule has 0 heterocycles. The summed E-state index contributed by atoms with van der Waals surface area (Å²) in [6.45, 7) is -0.648. The molecule has 3 nitrogen and oxygen atoms in total. The van der Waals surface area contributed by atoms with Crippen LogP contribution in [-0.2, 0) is 0 Å². The van der Waals surface area contributed by atoms with Gasteiger partial charge in [-0.1, -0.05) is 6.07 Å². The molecule has 0 saturated heterocycles. The molecule has 0 fully saturated rings. The van der Waals surface area contributed by atoms with E-state index in [2.05, 4.69) is 0 Å². The smallest absolute Gasteiger partial charge is 0.255 e. The molecule has 0 amide bonds. The van der Waals surface area contributed by atoms with Gasteiger partial charge in [0.1, 0.15) is 6.07 Å². The molecule has 0 radical (unpaired) electrons. The summed E-state index contributed by atoms with van der Waals surface area (Å²) in [6, 6.07) is 7.15. The van der Waals surface area contributed by atoms with E-state index in [1.54, 1.807) is 18.2 Å². The quantitative estimate of drug-likeness (QED) is 0.807. The Morgan fingerprint density at radius 1 is 1.50 bits per heavy atom. The van der Waals surface area contributed by atoms with Gasteiger partial charge in [0.15, 0.2) is 0 Å². The molecule has 1 N–H and O–H groups in total. The maximum absolute atomic E-state index is 12.5. The van der Waals surface area contributed by atoms with Crippen LogP contribution in [0, 0.1) is 11.3 Å². The van der Waals surface area contributed by atoms with E-state index in [1.165, 1.54) is 16.7 Å². The predicted octanol–water partition coefficient (Wildman–Crippen LogP) is 2.34. The molecule has 0 spiro atoms. The minimum absolute atomic E-state index is 0.0802. The van der Waals surface area contributed by atoms with Crippen molar-refractivity contribution >= 4 is 17.4 Å². The average molecular weight is 272 g/mol. The minimum atomic E-state index is -2.51. The summed E-state index contributed by atoms with van der Waals surface area (Å²) in [7, 11) is 0. The highest BCUT2D eigenvalue weighted by Crippen LogP contribution is 2.29. The molecular weight excluding hydrogens is 258 g/mol. The Morgan fingerprint density at radius 2 is 2.22 bits per heavy atom. The Kier molecular flexibility index (Phi) is 5.89. The maximum Gasteiger partial charge on any atom is 0.255 e. The fourth-order valence-electron chi connectivity index (χ4n) is 1.66. The van der Waals surface area contributed by atoms with Crippen molar-refractivity contribution in [2.75, 3.05) is 30.9 Å². The Balaban J connectivity index is 3.15. The van der Waals surface area contributed by atoms with E-state index in [4.69, 9.17) is 10.4 Å². The lowest BCUT2D eigenvalue weighted by atomic mass is 10.1. The molecule has 6 heteroatoms. The zero-order valence-corrected chi connectivity index (χ0v) is 10.8. The number of aliphatic hydroxyl groups excluding tert-OH is 1. The highest BCUT2D eigenvalue weighted by Gasteiger charge is 2.17. The van der Waals surface area contributed by atoms with Crippen molar-refractivity contribution in [3.8, 4) is 6.07 Å². The largest absolute Gasteiger partial charge is 0.395 e. The van der Waals surface area contributed by atoms with Gasteiger partial charge in [0.25, 0.3) is 6.43 Å². The van der Waals surface area contributed by atoms with Crippen molar-refractivity contribution in [1.29, 1.82) is 5.26 Å². The maximum atomic E-state index is 12.5. The molecule has 1 aromatic rings. The average Bonchev–Trinajstić information content (AvgIpc) is 2.36. The highest BCUT2D eigenvalue weighted by atomic mass is 32.2. The monoisotopic (exact) mass is 272 g/mol. The number of nitriles is 1. The molecule has 0 bridgehead atoms. The van der Waals surface area contributed by atoms with Crippen molar-refractivity contribution in [1.82, 2.24) is 0 Å². The highest BCUT2D eigenvalue weighted by molar-refractivity contribution is 7.98. The van der Waals surface area contributed by atoms with Gasteiger partial charge in [-0.2, -0.15) is 5.26 Å². The topological polar surface area (TPSA) is 47.3 Å². The second-order valence-electron chi connectivity index (χ2n) is 3.53. The summed E-state index contributed by atoms with van der Waals surface area (Å²) in [4.78, 5) is 2.08. The van der Waals surface area contributed by atoms with E-state index in [9.17, 15) is 8.78 Å². The molecule has 0 atom stereocenters. The molecule has 0 aliphatic heterocycles. The summed E-state index contributed by atoms with van der Waals surface area (Å²) in [6.07, 6.45) is -0.690. The van der Waals surface area contributed by atoms with Crippen LogP contribution in [0.25, 0.3) is 0 Å². The fourth-order valence-corrected chi connectivity index (χ4v) is 2.23. The third kappa shape index (κ3) is 3.59. The molecule has 98 valence electrons. The van der Waals surface area contributed by atoms with Crippen molar-refractivity contribution in [3.05, 3.63) is 23.8 Å².